The van der Waals surface area contributed by atoms with Gasteiger partial charge in [0.2, 0.25) is 18.2 Å². The molecule has 0 radical (unpaired) electrons. The van der Waals surface area contributed by atoms with E-state index < -0.39 is 85.1 Å². The Hall–Kier alpha value is -4.72. The molecule has 0 aliphatic carbocycles. The summed E-state index contributed by atoms with van der Waals surface area (Å²) in [6, 6.07) is 8.64. The maximum atomic E-state index is 13.1. The number of hydrogen-bond acceptors (Lipinski definition) is 13. The average molecular weight is 593 g/mol. The molecule has 2 aromatic rings. The molecule has 1 heterocycles. The lowest BCUT2D eigenvalue weighted by Crippen LogP contribution is -2.63. The summed E-state index contributed by atoms with van der Waals surface area (Å²) in [4.78, 5) is 59.8. The Morgan fingerprint density at radius 3 is 1.93 bits per heavy atom. The van der Waals surface area contributed by atoms with E-state index in [4.69, 9.17) is 33.2 Å². The third-order valence-electron chi connectivity index (χ3n) is 5.65. The predicted molar refractivity (Wildman–Crippen MR) is 137 cm³/mol. The fraction of sp³-hybridized carbons (Fsp3) is 0.393. The highest BCUT2D eigenvalue weighted by molar-refractivity contribution is 5.99. The first-order chi connectivity index (χ1) is 19.8. The van der Waals surface area contributed by atoms with Gasteiger partial charge in [-0.1, -0.05) is 0 Å². The van der Waals surface area contributed by atoms with Gasteiger partial charge < -0.3 is 38.3 Å². The summed E-state index contributed by atoms with van der Waals surface area (Å²) in [5.74, 6) is -4.50. The number of phenols is 1. The highest BCUT2D eigenvalue weighted by atomic mass is 19.1. The molecule has 0 spiro atoms. The molecular formula is C28H29FO13. The highest BCUT2D eigenvalue weighted by Gasteiger charge is 2.53. The van der Waals surface area contributed by atoms with Crippen LogP contribution in [0, 0.1) is 5.82 Å². The van der Waals surface area contributed by atoms with E-state index in [0.29, 0.717) is 0 Å². The van der Waals surface area contributed by atoms with Gasteiger partial charge in [-0.15, -0.1) is 0 Å². The Bertz CT molecular complexity index is 1310. The van der Waals surface area contributed by atoms with E-state index in [0.717, 1.165) is 45.9 Å². The first-order valence-corrected chi connectivity index (χ1v) is 12.6. The molecule has 1 fully saturated rings. The number of esters is 4. The van der Waals surface area contributed by atoms with Gasteiger partial charge in [0.25, 0.3) is 0 Å². The average Bonchev–Trinajstić information content (AvgIpc) is 2.89. The fourth-order valence-corrected chi connectivity index (χ4v) is 4.00. The van der Waals surface area contributed by atoms with Gasteiger partial charge >= 0.3 is 23.9 Å². The lowest BCUT2D eigenvalue weighted by Gasteiger charge is -2.43. The maximum absolute atomic E-state index is 13.1. The molecule has 42 heavy (non-hydrogen) atoms. The molecule has 13 nitrogen and oxygen atoms in total. The van der Waals surface area contributed by atoms with E-state index in [1.165, 1.54) is 24.3 Å². The number of carbonyl (C=O) groups excluding carboxylic acids is 5. The van der Waals surface area contributed by atoms with E-state index in [9.17, 15) is 33.5 Å². The van der Waals surface area contributed by atoms with Gasteiger partial charge in [0.15, 0.2) is 18.8 Å². The van der Waals surface area contributed by atoms with Crippen LogP contribution < -0.4 is 9.47 Å². The number of hydrogen-bond donors (Lipinski definition) is 1. The van der Waals surface area contributed by atoms with Crippen molar-refractivity contribution in [1.29, 1.82) is 0 Å². The monoisotopic (exact) mass is 592 g/mol. The van der Waals surface area contributed by atoms with Gasteiger partial charge in [-0.05, 0) is 36.4 Å². The van der Waals surface area contributed by atoms with Crippen LogP contribution in [0.25, 0.3) is 0 Å². The first-order valence-electron chi connectivity index (χ1n) is 12.6. The molecule has 0 aromatic heterocycles. The third kappa shape index (κ3) is 8.89. The van der Waals surface area contributed by atoms with Crippen LogP contribution in [0.15, 0.2) is 42.5 Å². The number of Topliss-reactive ketones (excluding diaryl/α,β-unsaturated/α-hetero) is 1. The molecule has 0 bridgehead atoms. The largest absolute Gasteiger partial charge is 0.507 e. The standard InChI is InChI=1S/C28H29FO13/c1-14(30)36-13-24-25(38-15(2)31)26(39-16(3)32)27(40-17(4)33)28(42-24)41-20-9-10-21(22(34)11-20)23(35)12-37-19-7-5-18(29)6-8-19/h5-11,24-28,34H,12-13H2,1-4H3/t24-,25+,26+,27+,28-/m1/s1. The van der Waals surface area contributed by atoms with Crippen LogP contribution in [0.5, 0.6) is 17.2 Å². The van der Waals surface area contributed by atoms with Crippen molar-refractivity contribution in [3.8, 4) is 17.2 Å². The van der Waals surface area contributed by atoms with E-state index in [-0.39, 0.29) is 17.1 Å². The second-order valence-electron chi connectivity index (χ2n) is 9.03. The number of ketones is 1. The Labute approximate surface area is 239 Å². The van der Waals surface area contributed by atoms with E-state index >= 15 is 0 Å². The van der Waals surface area contributed by atoms with Crippen molar-refractivity contribution in [2.45, 2.75) is 58.4 Å². The minimum absolute atomic E-state index is 0.0654. The summed E-state index contributed by atoms with van der Waals surface area (Å²) in [6.45, 7) is 3.47. The van der Waals surface area contributed by atoms with Crippen LogP contribution in [-0.2, 0) is 42.9 Å². The molecule has 1 saturated heterocycles. The molecule has 1 aliphatic rings. The maximum Gasteiger partial charge on any atom is 0.303 e. The molecule has 14 heteroatoms. The number of aromatic hydroxyl groups is 1. The second-order valence-corrected chi connectivity index (χ2v) is 9.03. The van der Waals surface area contributed by atoms with E-state index in [1.807, 2.05) is 0 Å². The van der Waals surface area contributed by atoms with Crippen molar-refractivity contribution in [2.75, 3.05) is 13.2 Å². The smallest absolute Gasteiger partial charge is 0.303 e. The number of halogens is 1. The second kappa shape index (κ2) is 14.3. The summed E-state index contributed by atoms with van der Waals surface area (Å²) in [5.41, 5.74) is -0.119. The van der Waals surface area contributed by atoms with Crippen molar-refractivity contribution < 1.29 is 66.6 Å². The molecule has 0 saturated carbocycles. The Morgan fingerprint density at radius 1 is 0.786 bits per heavy atom. The molecule has 3 rings (SSSR count). The van der Waals surface area contributed by atoms with Crippen molar-refractivity contribution in [3.63, 3.8) is 0 Å². The lowest BCUT2D eigenvalue weighted by atomic mass is 9.98. The van der Waals surface area contributed by atoms with Crippen molar-refractivity contribution in [2.24, 2.45) is 0 Å². The van der Waals surface area contributed by atoms with Crippen LogP contribution in [0.4, 0.5) is 4.39 Å². The molecule has 1 aliphatic heterocycles. The van der Waals surface area contributed by atoms with Gasteiger partial charge in [0.05, 0.1) is 5.56 Å². The molecular weight excluding hydrogens is 563 g/mol. The Balaban J connectivity index is 1.86. The number of phenolic OH excluding ortho intramolecular Hbond substituents is 1. The minimum atomic E-state index is -1.53. The number of rotatable bonds is 11. The van der Waals surface area contributed by atoms with Gasteiger partial charge in [0, 0.05) is 33.8 Å². The summed E-state index contributed by atoms with van der Waals surface area (Å²) >= 11 is 0. The summed E-state index contributed by atoms with van der Waals surface area (Å²) in [7, 11) is 0. The van der Waals surface area contributed by atoms with Crippen LogP contribution >= 0.6 is 0 Å². The van der Waals surface area contributed by atoms with Crippen LogP contribution in [0.3, 0.4) is 0 Å². The third-order valence-corrected chi connectivity index (χ3v) is 5.65. The van der Waals surface area contributed by atoms with Crippen LogP contribution in [0.1, 0.15) is 38.1 Å². The zero-order chi connectivity index (χ0) is 31.0. The zero-order valence-electron chi connectivity index (χ0n) is 23.1. The van der Waals surface area contributed by atoms with Crippen molar-refractivity contribution in [3.05, 3.63) is 53.8 Å². The minimum Gasteiger partial charge on any atom is -0.507 e. The molecule has 1 N–H and O–H groups in total. The Kier molecular flexibility index (Phi) is 10.8. The molecule has 0 unspecified atom stereocenters. The van der Waals surface area contributed by atoms with Crippen molar-refractivity contribution in [1.82, 2.24) is 0 Å². The summed E-state index contributed by atoms with van der Waals surface area (Å²) < 4.78 is 51.1. The summed E-state index contributed by atoms with van der Waals surface area (Å²) in [5, 5.41) is 10.5. The van der Waals surface area contributed by atoms with Gasteiger partial charge in [-0.25, -0.2) is 4.39 Å². The first kappa shape index (κ1) is 31.8. The zero-order valence-corrected chi connectivity index (χ0v) is 23.1. The molecule has 2 aromatic carbocycles. The fourth-order valence-electron chi connectivity index (χ4n) is 4.00. The number of carbonyl (C=O) groups is 5. The highest BCUT2D eigenvalue weighted by Crippen LogP contribution is 2.32. The van der Waals surface area contributed by atoms with Gasteiger partial charge in [0.1, 0.15) is 35.8 Å². The van der Waals surface area contributed by atoms with Gasteiger partial charge in [-0.3, -0.25) is 24.0 Å². The van der Waals surface area contributed by atoms with E-state index in [2.05, 4.69) is 0 Å². The lowest BCUT2D eigenvalue weighted by molar-refractivity contribution is -0.288. The SMILES string of the molecule is CC(=O)OC[C@H]1O[C@@H](Oc2ccc(C(=O)COc3ccc(F)cc3)c(O)c2)[C@@H](OC(C)=O)[C@@H](OC(C)=O)[C@H]1OC(C)=O. The topological polar surface area (TPSA) is 170 Å². The molecule has 5 atom stereocenters. The van der Waals surface area contributed by atoms with Gasteiger partial charge in [-0.2, -0.15) is 0 Å². The number of benzene rings is 2. The molecule has 0 amide bonds. The Morgan fingerprint density at radius 2 is 1.36 bits per heavy atom. The van der Waals surface area contributed by atoms with Crippen LogP contribution in [0.2, 0.25) is 0 Å². The quantitative estimate of drug-likeness (QED) is 0.229. The van der Waals surface area contributed by atoms with Crippen LogP contribution in [-0.4, -0.2) is 78.7 Å². The normalized spacial score (nSPS) is 21.4. The van der Waals surface area contributed by atoms with E-state index in [1.54, 1.807) is 0 Å². The molecule has 226 valence electrons. The predicted octanol–water partition coefficient (Wildman–Crippen LogP) is 2.25. The number of ether oxygens (including phenoxy) is 7. The summed E-state index contributed by atoms with van der Waals surface area (Å²) in [6.07, 6.45) is -7.08. The van der Waals surface area contributed by atoms with Crippen molar-refractivity contribution >= 4 is 29.7 Å².